The number of benzene rings is 1. The second-order valence-electron chi connectivity index (χ2n) is 6.76. The number of pyridine rings is 1. The molecule has 1 amide bonds. The summed E-state index contributed by atoms with van der Waals surface area (Å²) in [6.45, 7) is 5.64. The number of aromatic amines is 1. The third-order valence-electron chi connectivity index (χ3n) is 3.85. The Bertz CT molecular complexity index is 891. The van der Waals surface area contributed by atoms with Crippen LogP contribution in [0.2, 0.25) is 0 Å². The van der Waals surface area contributed by atoms with Crippen LogP contribution in [0.1, 0.15) is 20.8 Å². The molecular weight excluding hydrogens is 302 g/mol. The number of H-pyrrole nitrogens is 1. The zero-order valence-corrected chi connectivity index (χ0v) is 14.3. The molecule has 0 radical (unpaired) electrons. The molecule has 0 aliphatic heterocycles. The van der Waals surface area contributed by atoms with Crippen molar-refractivity contribution in [3.05, 3.63) is 42.7 Å². The third-order valence-corrected chi connectivity index (χ3v) is 3.85. The number of carbonyl (C=O) groups excluding carboxylic acids is 1. The normalized spacial score (nSPS) is 11.5. The lowest BCUT2D eigenvalue weighted by Crippen LogP contribution is -2.27. The van der Waals surface area contributed by atoms with Crippen molar-refractivity contribution in [2.45, 2.75) is 20.8 Å². The van der Waals surface area contributed by atoms with Crippen molar-refractivity contribution in [3.63, 3.8) is 0 Å². The molecule has 2 N–H and O–H groups in total. The van der Waals surface area contributed by atoms with Gasteiger partial charge in [-0.1, -0.05) is 20.8 Å². The van der Waals surface area contributed by atoms with Crippen LogP contribution < -0.4 is 10.1 Å². The number of hydrogen-bond donors (Lipinski definition) is 2. The Balaban J connectivity index is 1.96. The topological polar surface area (TPSA) is 67.0 Å². The fraction of sp³-hybridized carbons (Fsp3) is 0.263. The summed E-state index contributed by atoms with van der Waals surface area (Å²) in [6.07, 6.45) is 3.67. The van der Waals surface area contributed by atoms with Crippen LogP contribution in [-0.4, -0.2) is 23.0 Å². The molecule has 0 saturated heterocycles. The van der Waals surface area contributed by atoms with Crippen LogP contribution in [0.4, 0.5) is 5.69 Å². The lowest BCUT2D eigenvalue weighted by atomic mass is 9.95. The molecular formula is C19H21N3O2. The molecule has 1 aromatic carbocycles. The van der Waals surface area contributed by atoms with Crippen LogP contribution in [0, 0.1) is 5.41 Å². The van der Waals surface area contributed by atoms with E-state index in [0.717, 1.165) is 22.2 Å². The second kappa shape index (κ2) is 6.00. The van der Waals surface area contributed by atoms with Crippen molar-refractivity contribution in [2.75, 3.05) is 12.4 Å². The van der Waals surface area contributed by atoms with Gasteiger partial charge in [-0.15, -0.1) is 0 Å². The first-order valence-corrected chi connectivity index (χ1v) is 7.81. The summed E-state index contributed by atoms with van der Waals surface area (Å²) in [7, 11) is 1.62. The molecule has 0 fully saturated rings. The number of carbonyl (C=O) groups is 1. The van der Waals surface area contributed by atoms with E-state index in [1.54, 1.807) is 7.11 Å². The summed E-state index contributed by atoms with van der Waals surface area (Å²) < 4.78 is 5.51. The first-order valence-electron chi connectivity index (χ1n) is 7.81. The van der Waals surface area contributed by atoms with E-state index in [2.05, 4.69) is 21.4 Å². The largest absolute Gasteiger partial charge is 0.496 e. The summed E-state index contributed by atoms with van der Waals surface area (Å²) in [5.74, 6) is 0.658. The fourth-order valence-electron chi connectivity index (χ4n) is 2.41. The number of methoxy groups -OCH3 is 1. The number of ether oxygens (including phenoxy) is 1. The molecule has 124 valence electrons. The highest BCUT2D eigenvalue weighted by molar-refractivity contribution is 5.95. The van der Waals surface area contributed by atoms with Crippen molar-refractivity contribution in [1.82, 2.24) is 9.97 Å². The van der Waals surface area contributed by atoms with Gasteiger partial charge in [-0.25, -0.2) is 4.98 Å². The highest BCUT2D eigenvalue weighted by Gasteiger charge is 2.21. The monoisotopic (exact) mass is 323 g/mol. The Labute approximate surface area is 141 Å². The molecule has 0 saturated carbocycles. The van der Waals surface area contributed by atoms with E-state index in [-0.39, 0.29) is 5.91 Å². The van der Waals surface area contributed by atoms with E-state index >= 15 is 0 Å². The standard InChI is InChI=1S/C19H21N3O2/c1-19(2,3)18(23)22-14-5-6-15(16(10-14)24-4)13-9-12-7-8-20-17(12)21-11-13/h5-11H,1-4H3,(H,20,21)(H,22,23). The minimum absolute atomic E-state index is 0.0345. The van der Waals surface area contributed by atoms with Crippen LogP contribution >= 0.6 is 0 Å². The molecule has 0 spiro atoms. The highest BCUT2D eigenvalue weighted by atomic mass is 16.5. The van der Waals surface area contributed by atoms with Crippen LogP contribution in [0.5, 0.6) is 5.75 Å². The van der Waals surface area contributed by atoms with Gasteiger partial charge in [-0.3, -0.25) is 4.79 Å². The summed E-state index contributed by atoms with van der Waals surface area (Å²) >= 11 is 0. The molecule has 2 aromatic heterocycles. The molecule has 0 bridgehead atoms. The van der Waals surface area contributed by atoms with Crippen molar-refractivity contribution in [3.8, 4) is 16.9 Å². The van der Waals surface area contributed by atoms with Gasteiger partial charge in [0.1, 0.15) is 11.4 Å². The second-order valence-corrected chi connectivity index (χ2v) is 6.76. The molecule has 5 heteroatoms. The average molecular weight is 323 g/mol. The smallest absolute Gasteiger partial charge is 0.229 e. The van der Waals surface area contributed by atoms with Crippen molar-refractivity contribution in [1.29, 1.82) is 0 Å². The highest BCUT2D eigenvalue weighted by Crippen LogP contribution is 2.33. The number of hydrogen-bond acceptors (Lipinski definition) is 3. The van der Waals surface area contributed by atoms with Crippen LogP contribution in [0.3, 0.4) is 0 Å². The first-order chi connectivity index (χ1) is 11.4. The number of nitrogens with one attached hydrogen (secondary N) is 2. The maximum Gasteiger partial charge on any atom is 0.229 e. The molecule has 3 aromatic rings. The van der Waals surface area contributed by atoms with Gasteiger partial charge >= 0.3 is 0 Å². The zero-order chi connectivity index (χ0) is 17.3. The molecule has 0 unspecified atom stereocenters. The summed E-state index contributed by atoms with van der Waals surface area (Å²) in [5, 5.41) is 3.96. The van der Waals surface area contributed by atoms with Crippen molar-refractivity contribution >= 4 is 22.6 Å². The number of amides is 1. The van der Waals surface area contributed by atoms with E-state index in [1.165, 1.54) is 0 Å². The Morgan fingerprint density at radius 3 is 2.71 bits per heavy atom. The van der Waals surface area contributed by atoms with Gasteiger partial charge in [-0.2, -0.15) is 0 Å². The van der Waals surface area contributed by atoms with Gasteiger partial charge < -0.3 is 15.0 Å². The average Bonchev–Trinajstić information content (AvgIpc) is 3.01. The Hall–Kier alpha value is -2.82. The van der Waals surface area contributed by atoms with Crippen molar-refractivity contribution in [2.24, 2.45) is 5.41 Å². The minimum Gasteiger partial charge on any atom is -0.496 e. The van der Waals surface area contributed by atoms with Gasteiger partial charge in [0.25, 0.3) is 0 Å². The van der Waals surface area contributed by atoms with E-state index in [0.29, 0.717) is 11.4 Å². The molecule has 5 nitrogen and oxygen atoms in total. The predicted octanol–water partition coefficient (Wildman–Crippen LogP) is 4.22. The molecule has 0 aliphatic rings. The number of anilines is 1. The molecule has 2 heterocycles. The van der Waals surface area contributed by atoms with E-state index in [4.69, 9.17) is 4.74 Å². The Morgan fingerprint density at radius 1 is 1.21 bits per heavy atom. The van der Waals surface area contributed by atoms with Crippen LogP contribution in [0.15, 0.2) is 42.7 Å². The SMILES string of the molecule is COc1cc(NC(=O)C(C)(C)C)ccc1-c1cnc2[nH]ccc2c1. The quantitative estimate of drug-likeness (QED) is 0.758. The van der Waals surface area contributed by atoms with Gasteiger partial charge in [0, 0.05) is 46.1 Å². The summed E-state index contributed by atoms with van der Waals surface area (Å²) in [4.78, 5) is 19.6. The summed E-state index contributed by atoms with van der Waals surface area (Å²) in [6, 6.07) is 9.69. The van der Waals surface area contributed by atoms with E-state index in [9.17, 15) is 4.79 Å². The number of fused-ring (bicyclic) bond motifs is 1. The fourth-order valence-corrected chi connectivity index (χ4v) is 2.41. The number of nitrogens with zero attached hydrogens (tertiary/aromatic N) is 1. The van der Waals surface area contributed by atoms with E-state index in [1.807, 2.05) is 57.4 Å². The maximum atomic E-state index is 12.1. The van der Waals surface area contributed by atoms with Crippen LogP contribution in [-0.2, 0) is 4.79 Å². The van der Waals surface area contributed by atoms with Gasteiger partial charge in [-0.05, 0) is 24.3 Å². The Kier molecular flexibility index (Phi) is 4.01. The lowest BCUT2D eigenvalue weighted by Gasteiger charge is -2.18. The van der Waals surface area contributed by atoms with Crippen molar-refractivity contribution < 1.29 is 9.53 Å². The first kappa shape index (κ1) is 16.1. The van der Waals surface area contributed by atoms with Gasteiger partial charge in [0.05, 0.1) is 7.11 Å². The zero-order valence-electron chi connectivity index (χ0n) is 14.3. The Morgan fingerprint density at radius 2 is 2.00 bits per heavy atom. The molecule has 3 rings (SSSR count). The predicted molar refractivity (Wildman–Crippen MR) is 96.2 cm³/mol. The number of aromatic nitrogens is 2. The van der Waals surface area contributed by atoms with E-state index < -0.39 is 5.41 Å². The molecule has 24 heavy (non-hydrogen) atoms. The van der Waals surface area contributed by atoms with Crippen LogP contribution in [0.25, 0.3) is 22.2 Å². The van der Waals surface area contributed by atoms with Gasteiger partial charge in [0.2, 0.25) is 5.91 Å². The lowest BCUT2D eigenvalue weighted by molar-refractivity contribution is -0.123. The molecule has 0 aliphatic carbocycles. The van der Waals surface area contributed by atoms with Gasteiger partial charge in [0.15, 0.2) is 0 Å². The molecule has 0 atom stereocenters. The third kappa shape index (κ3) is 3.11. The maximum absolute atomic E-state index is 12.1. The number of rotatable bonds is 3. The minimum atomic E-state index is -0.449. The summed E-state index contributed by atoms with van der Waals surface area (Å²) in [5.41, 5.74) is 3.02.